The number of rotatable bonds is 2. The minimum atomic E-state index is 1.13. The minimum Gasteiger partial charge on any atom is -0.113 e. The molecule has 1 heteroatoms. The van der Waals surface area contributed by atoms with Crippen LogP contribution < -0.4 is 0 Å². The van der Waals surface area contributed by atoms with Crippen LogP contribution in [0.1, 0.15) is 11.1 Å². The van der Waals surface area contributed by atoms with Crippen LogP contribution in [0.15, 0.2) is 60.7 Å². The molecule has 0 aliphatic carbocycles. The van der Waals surface area contributed by atoms with Crippen molar-refractivity contribution in [2.75, 3.05) is 0 Å². The predicted octanol–water partition coefficient (Wildman–Crippen LogP) is 3.40. The Kier molecular flexibility index (Phi) is 2.76. The van der Waals surface area contributed by atoms with Crippen LogP contribution in [0.5, 0.6) is 0 Å². The largest absolute Gasteiger partial charge is 0.113 e. The second kappa shape index (κ2) is 4.21. The molecule has 0 N–H and O–H groups in total. The molecular weight excluding hydrogens is 187 g/mol. The van der Waals surface area contributed by atoms with Crippen LogP contribution in [-0.4, -0.2) is 5.29 Å². The average Bonchev–Trinajstić information content (AvgIpc) is 2.30. The Labute approximate surface area is 86.4 Å². The van der Waals surface area contributed by atoms with Crippen molar-refractivity contribution in [1.29, 1.82) is 0 Å². The second-order valence-corrected chi connectivity index (χ2v) is 3.61. The fourth-order valence-corrected chi connectivity index (χ4v) is 1.71. The molecule has 0 bridgehead atoms. The highest BCUT2D eigenvalue weighted by Crippen LogP contribution is 2.11. The highest BCUT2D eigenvalue weighted by molar-refractivity contribution is 7.23. The molecule has 0 amide bonds. The van der Waals surface area contributed by atoms with Crippen LogP contribution in [0, 0.1) is 0 Å². The number of hydrogen-bond acceptors (Lipinski definition) is 0. The molecule has 0 radical (unpaired) electrons. The molecule has 0 saturated heterocycles. The summed E-state index contributed by atoms with van der Waals surface area (Å²) in [5.74, 6) is 0. The zero-order chi connectivity index (χ0) is 9.80. The summed E-state index contributed by atoms with van der Waals surface area (Å²) in [5, 5.41) is 1.13. The first-order chi connectivity index (χ1) is 6.88. The van der Waals surface area contributed by atoms with E-state index in [0.29, 0.717) is 0 Å². The maximum atomic E-state index is 3.66. The summed E-state index contributed by atoms with van der Waals surface area (Å²) >= 11 is 0. The van der Waals surface area contributed by atoms with Crippen LogP contribution >= 0.6 is 8.86 Å². The highest BCUT2D eigenvalue weighted by Gasteiger charge is 1.99. The van der Waals surface area contributed by atoms with Gasteiger partial charge in [-0.1, -0.05) is 60.7 Å². The molecule has 0 saturated carbocycles. The fraction of sp³-hybridized carbons (Fsp3) is 0. The lowest BCUT2D eigenvalue weighted by Crippen LogP contribution is -1.97. The van der Waals surface area contributed by atoms with E-state index in [1.165, 1.54) is 11.1 Å². The lowest BCUT2D eigenvalue weighted by atomic mass is 10.1. The molecule has 2 rings (SSSR count). The molecule has 14 heavy (non-hydrogen) atoms. The van der Waals surface area contributed by atoms with Gasteiger partial charge in [0.1, 0.15) is 0 Å². The van der Waals surface area contributed by atoms with Gasteiger partial charge in [0.2, 0.25) is 0 Å². The van der Waals surface area contributed by atoms with E-state index in [1.807, 2.05) is 36.4 Å². The van der Waals surface area contributed by atoms with E-state index in [4.69, 9.17) is 0 Å². The monoisotopic (exact) mass is 198 g/mol. The maximum absolute atomic E-state index is 3.66. The third-order valence-corrected chi connectivity index (χ3v) is 2.70. The van der Waals surface area contributed by atoms with Gasteiger partial charge in [-0.05, 0) is 11.1 Å². The van der Waals surface area contributed by atoms with Gasteiger partial charge in [-0.3, -0.25) is 0 Å². The molecular formula is C13H11P. The van der Waals surface area contributed by atoms with Crippen molar-refractivity contribution in [3.63, 3.8) is 0 Å². The van der Waals surface area contributed by atoms with E-state index in [2.05, 4.69) is 33.1 Å². The average molecular weight is 198 g/mol. The van der Waals surface area contributed by atoms with Crippen LogP contribution in [0.4, 0.5) is 0 Å². The first-order valence-corrected chi connectivity index (χ1v) is 5.07. The summed E-state index contributed by atoms with van der Waals surface area (Å²) in [6.07, 6.45) is 0. The van der Waals surface area contributed by atoms with Crippen molar-refractivity contribution in [3.05, 3.63) is 71.8 Å². The summed E-state index contributed by atoms with van der Waals surface area (Å²) in [6.45, 7) is 0. The minimum absolute atomic E-state index is 1.13. The smallest absolute Gasteiger partial charge is 0.00893 e. The van der Waals surface area contributed by atoms with Crippen LogP contribution in [0.3, 0.4) is 0 Å². The van der Waals surface area contributed by atoms with Gasteiger partial charge in [-0.25, -0.2) is 0 Å². The molecule has 2 aromatic rings. The molecule has 0 fully saturated rings. The normalized spacial score (nSPS) is 9.71. The Bertz CT molecular complexity index is 376. The third-order valence-electron chi connectivity index (χ3n) is 2.12. The summed E-state index contributed by atoms with van der Waals surface area (Å²) in [7, 11) is 3.66. The Morgan fingerprint density at radius 2 is 1.00 bits per heavy atom. The highest BCUT2D eigenvalue weighted by atomic mass is 31.0. The second-order valence-electron chi connectivity index (χ2n) is 3.11. The Morgan fingerprint density at radius 3 is 1.36 bits per heavy atom. The van der Waals surface area contributed by atoms with Gasteiger partial charge >= 0.3 is 0 Å². The van der Waals surface area contributed by atoms with Gasteiger partial charge in [0.05, 0.1) is 0 Å². The maximum Gasteiger partial charge on any atom is 0.00893 e. The van der Waals surface area contributed by atoms with E-state index in [9.17, 15) is 0 Å². The molecule has 0 spiro atoms. The van der Waals surface area contributed by atoms with E-state index in [1.54, 1.807) is 0 Å². The lowest BCUT2D eigenvalue weighted by Gasteiger charge is -2.04. The van der Waals surface area contributed by atoms with E-state index in [-0.39, 0.29) is 0 Å². The standard InChI is InChI=1S/C13H11P/c14-13(11-7-3-1-4-8-11)12-9-5-2-6-10-12/h1-10,14H. The van der Waals surface area contributed by atoms with Crippen LogP contribution in [0.2, 0.25) is 0 Å². The van der Waals surface area contributed by atoms with Gasteiger partial charge < -0.3 is 0 Å². The Hall–Kier alpha value is -1.39. The Morgan fingerprint density at radius 1 is 0.643 bits per heavy atom. The Balaban J connectivity index is 2.35. The fourth-order valence-electron chi connectivity index (χ4n) is 1.38. The summed E-state index contributed by atoms with van der Waals surface area (Å²) in [5.41, 5.74) is 2.41. The summed E-state index contributed by atoms with van der Waals surface area (Å²) in [6, 6.07) is 20.6. The van der Waals surface area contributed by atoms with Gasteiger partial charge in [0, 0.05) is 5.29 Å². The van der Waals surface area contributed by atoms with Crippen molar-refractivity contribution < 1.29 is 0 Å². The molecule has 0 heterocycles. The molecule has 0 atom stereocenters. The van der Waals surface area contributed by atoms with E-state index >= 15 is 0 Å². The van der Waals surface area contributed by atoms with Crippen LogP contribution in [-0.2, 0) is 0 Å². The molecule has 0 nitrogen and oxygen atoms in total. The van der Waals surface area contributed by atoms with Gasteiger partial charge in [-0.2, -0.15) is 0 Å². The van der Waals surface area contributed by atoms with Crippen molar-refractivity contribution >= 4 is 14.2 Å². The molecule has 2 aromatic carbocycles. The first kappa shape index (κ1) is 9.18. The third kappa shape index (κ3) is 1.92. The van der Waals surface area contributed by atoms with Gasteiger partial charge in [0.25, 0.3) is 0 Å². The first-order valence-electron chi connectivity index (χ1n) is 4.57. The molecule has 0 unspecified atom stereocenters. The topological polar surface area (TPSA) is 0 Å². The predicted molar refractivity (Wildman–Crippen MR) is 64.4 cm³/mol. The molecule has 0 aliphatic heterocycles. The SMILES string of the molecule is P=C(c1ccccc1)c1ccccc1. The zero-order valence-corrected chi connectivity index (χ0v) is 8.77. The van der Waals surface area contributed by atoms with Crippen molar-refractivity contribution in [1.82, 2.24) is 0 Å². The quantitative estimate of drug-likeness (QED) is 0.649. The summed E-state index contributed by atoms with van der Waals surface area (Å²) < 4.78 is 0. The van der Waals surface area contributed by atoms with Crippen molar-refractivity contribution in [2.24, 2.45) is 0 Å². The molecule has 0 aromatic heterocycles. The lowest BCUT2D eigenvalue weighted by molar-refractivity contribution is 1.62. The number of benzene rings is 2. The van der Waals surface area contributed by atoms with Crippen LogP contribution in [0.25, 0.3) is 0 Å². The van der Waals surface area contributed by atoms with Crippen molar-refractivity contribution in [2.45, 2.75) is 0 Å². The van der Waals surface area contributed by atoms with E-state index in [0.717, 1.165) is 5.29 Å². The molecule has 68 valence electrons. The zero-order valence-electron chi connectivity index (χ0n) is 7.77. The summed E-state index contributed by atoms with van der Waals surface area (Å²) in [4.78, 5) is 0. The van der Waals surface area contributed by atoms with E-state index < -0.39 is 0 Å². The molecule has 0 aliphatic rings. The van der Waals surface area contributed by atoms with Crippen molar-refractivity contribution in [3.8, 4) is 0 Å². The van der Waals surface area contributed by atoms with Gasteiger partial charge in [0.15, 0.2) is 0 Å². The van der Waals surface area contributed by atoms with Gasteiger partial charge in [-0.15, -0.1) is 8.86 Å². The number of hydrogen-bond donors (Lipinski definition) is 0.